The number of carbonyl (C=O) groups is 2. The van der Waals surface area contributed by atoms with E-state index in [9.17, 15) is 9.59 Å². The molecule has 1 aliphatic heterocycles. The first-order valence-electron chi connectivity index (χ1n) is 9.78. The first-order valence-corrected chi connectivity index (χ1v) is 10.7. The number of nitrogens with zero attached hydrogens (tertiary/aromatic N) is 2. The minimum atomic E-state index is -0.281. The predicted molar refractivity (Wildman–Crippen MR) is 117 cm³/mol. The lowest BCUT2D eigenvalue weighted by Gasteiger charge is -2.28. The number of ether oxygens (including phenoxy) is 2. The van der Waals surface area contributed by atoms with E-state index in [1.54, 1.807) is 37.9 Å². The Morgan fingerprint density at radius 1 is 1.28 bits per heavy atom. The van der Waals surface area contributed by atoms with E-state index >= 15 is 0 Å². The lowest BCUT2D eigenvalue weighted by atomic mass is 10.1. The lowest BCUT2D eigenvalue weighted by molar-refractivity contribution is -0.129. The van der Waals surface area contributed by atoms with Crippen LogP contribution in [-0.4, -0.2) is 66.9 Å². The third-order valence-corrected chi connectivity index (χ3v) is 6.05. The fourth-order valence-corrected chi connectivity index (χ4v) is 4.50. The van der Waals surface area contributed by atoms with E-state index in [4.69, 9.17) is 9.47 Å². The Morgan fingerprint density at radius 2 is 1.97 bits per heavy atom. The van der Waals surface area contributed by atoms with Crippen molar-refractivity contribution in [1.29, 1.82) is 0 Å². The fraction of sp³-hybridized carbons (Fsp3) is 0.619. The van der Waals surface area contributed by atoms with Crippen molar-refractivity contribution in [2.75, 3.05) is 34.4 Å². The van der Waals surface area contributed by atoms with Crippen LogP contribution in [0.4, 0.5) is 4.79 Å². The topological polar surface area (TPSA) is 71.1 Å². The summed E-state index contributed by atoms with van der Waals surface area (Å²) >= 11 is 1.60. The molecule has 1 N–H and O–H groups in total. The van der Waals surface area contributed by atoms with Crippen LogP contribution in [0, 0.1) is 0 Å². The summed E-state index contributed by atoms with van der Waals surface area (Å²) in [7, 11) is 5.02. The van der Waals surface area contributed by atoms with Gasteiger partial charge >= 0.3 is 6.03 Å². The van der Waals surface area contributed by atoms with Crippen LogP contribution in [0.25, 0.3) is 0 Å². The van der Waals surface area contributed by atoms with E-state index in [1.807, 2.05) is 50.8 Å². The van der Waals surface area contributed by atoms with E-state index in [1.165, 1.54) is 0 Å². The average molecular weight is 424 g/mol. The van der Waals surface area contributed by atoms with Gasteiger partial charge in [-0.25, -0.2) is 4.79 Å². The standard InChI is InChI=1S/C21H33N3O4S/c1-14-18(25)24(12-8-11-23(5)20(26)22-21(2,3)4)19(29-14)16-13-15(27-6)9-10-17(16)28-7/h9-10,13-14,19H,8,11-12H2,1-7H3,(H,22,26)/t14-,19-/m0/s1. The molecule has 0 aliphatic carbocycles. The van der Waals surface area contributed by atoms with E-state index in [0.29, 0.717) is 19.5 Å². The molecule has 2 rings (SSSR count). The van der Waals surface area contributed by atoms with Crippen molar-refractivity contribution in [3.63, 3.8) is 0 Å². The van der Waals surface area contributed by atoms with E-state index in [0.717, 1.165) is 17.1 Å². The number of amides is 3. The van der Waals surface area contributed by atoms with Crippen molar-refractivity contribution in [3.8, 4) is 11.5 Å². The number of methoxy groups -OCH3 is 2. The monoisotopic (exact) mass is 423 g/mol. The van der Waals surface area contributed by atoms with Crippen LogP contribution in [0.5, 0.6) is 11.5 Å². The number of hydrogen-bond donors (Lipinski definition) is 1. The van der Waals surface area contributed by atoms with Gasteiger partial charge in [-0.1, -0.05) is 0 Å². The molecule has 1 aromatic carbocycles. The minimum absolute atomic E-state index is 0.103. The summed E-state index contributed by atoms with van der Waals surface area (Å²) in [5.41, 5.74) is 0.643. The van der Waals surface area contributed by atoms with Crippen LogP contribution in [0.1, 0.15) is 45.1 Å². The molecule has 0 spiro atoms. The molecule has 0 radical (unpaired) electrons. The molecular weight excluding hydrogens is 390 g/mol. The highest BCUT2D eigenvalue weighted by molar-refractivity contribution is 8.01. The number of hydrogen-bond acceptors (Lipinski definition) is 5. The zero-order chi connectivity index (χ0) is 21.8. The first kappa shape index (κ1) is 23.2. The second-order valence-electron chi connectivity index (χ2n) is 8.23. The maximum Gasteiger partial charge on any atom is 0.317 e. The van der Waals surface area contributed by atoms with Crippen molar-refractivity contribution in [3.05, 3.63) is 23.8 Å². The Morgan fingerprint density at radius 3 is 2.55 bits per heavy atom. The molecular formula is C21H33N3O4S. The molecule has 7 nitrogen and oxygen atoms in total. The van der Waals surface area contributed by atoms with Gasteiger partial charge in [0.05, 0.1) is 19.5 Å². The summed E-state index contributed by atoms with van der Waals surface area (Å²) in [6, 6.07) is 5.53. The van der Waals surface area contributed by atoms with Crippen molar-refractivity contribution < 1.29 is 19.1 Å². The van der Waals surface area contributed by atoms with Gasteiger partial charge in [0.1, 0.15) is 16.9 Å². The third kappa shape index (κ3) is 5.95. The lowest BCUT2D eigenvalue weighted by Crippen LogP contribution is -2.47. The highest BCUT2D eigenvalue weighted by Crippen LogP contribution is 2.46. The van der Waals surface area contributed by atoms with Gasteiger partial charge < -0.3 is 24.6 Å². The van der Waals surface area contributed by atoms with Gasteiger partial charge in [0.15, 0.2) is 0 Å². The predicted octanol–water partition coefficient (Wildman–Crippen LogP) is 3.50. The zero-order valence-electron chi connectivity index (χ0n) is 18.4. The van der Waals surface area contributed by atoms with Gasteiger partial charge in [-0.2, -0.15) is 0 Å². The van der Waals surface area contributed by atoms with Crippen LogP contribution < -0.4 is 14.8 Å². The Kier molecular flexibility index (Phi) is 7.68. The molecule has 3 amide bonds. The van der Waals surface area contributed by atoms with Crippen LogP contribution in [0.3, 0.4) is 0 Å². The summed E-state index contributed by atoms with van der Waals surface area (Å²) in [6.07, 6.45) is 0.690. The number of rotatable bonds is 7. The van der Waals surface area contributed by atoms with Gasteiger partial charge in [0, 0.05) is 31.2 Å². The van der Waals surface area contributed by atoms with Crippen LogP contribution >= 0.6 is 11.8 Å². The third-order valence-electron chi connectivity index (χ3n) is 4.67. The summed E-state index contributed by atoms with van der Waals surface area (Å²) in [4.78, 5) is 28.6. The van der Waals surface area contributed by atoms with Crippen LogP contribution in [0.15, 0.2) is 18.2 Å². The summed E-state index contributed by atoms with van der Waals surface area (Å²) in [5.74, 6) is 1.57. The molecule has 1 aromatic rings. The smallest absolute Gasteiger partial charge is 0.317 e. The molecule has 29 heavy (non-hydrogen) atoms. The molecule has 0 saturated carbocycles. The highest BCUT2D eigenvalue weighted by atomic mass is 32.2. The van der Waals surface area contributed by atoms with Gasteiger partial charge in [-0.3, -0.25) is 4.79 Å². The largest absolute Gasteiger partial charge is 0.497 e. The molecule has 0 unspecified atom stereocenters. The highest BCUT2D eigenvalue weighted by Gasteiger charge is 2.39. The molecule has 0 aromatic heterocycles. The SMILES string of the molecule is COc1ccc(OC)c([C@@H]2S[C@@H](C)C(=O)N2CCCN(C)C(=O)NC(C)(C)C)c1. The Hall–Kier alpha value is -2.09. The van der Waals surface area contributed by atoms with Crippen molar-refractivity contribution in [1.82, 2.24) is 15.1 Å². The summed E-state index contributed by atoms with van der Waals surface area (Å²) in [5, 5.41) is 2.68. The molecule has 1 heterocycles. The van der Waals surface area contributed by atoms with Crippen LogP contribution in [0.2, 0.25) is 0 Å². The van der Waals surface area contributed by atoms with E-state index in [2.05, 4.69) is 5.32 Å². The van der Waals surface area contributed by atoms with Gasteiger partial charge in [-0.15, -0.1) is 11.8 Å². The Labute approximate surface area is 178 Å². The molecule has 1 aliphatic rings. The molecule has 1 saturated heterocycles. The summed E-state index contributed by atoms with van der Waals surface area (Å²) < 4.78 is 10.9. The number of benzene rings is 1. The molecule has 1 fully saturated rings. The number of urea groups is 1. The number of carbonyl (C=O) groups excluding carboxylic acids is 2. The van der Waals surface area contributed by atoms with Crippen molar-refractivity contribution in [2.45, 2.75) is 50.3 Å². The second kappa shape index (κ2) is 9.61. The summed E-state index contributed by atoms with van der Waals surface area (Å²) in [6.45, 7) is 8.90. The zero-order valence-corrected chi connectivity index (χ0v) is 19.3. The average Bonchev–Trinajstić information content (AvgIpc) is 2.94. The van der Waals surface area contributed by atoms with Crippen molar-refractivity contribution in [2.24, 2.45) is 0 Å². The quantitative estimate of drug-likeness (QED) is 0.727. The Balaban J connectivity index is 2.08. The minimum Gasteiger partial charge on any atom is -0.497 e. The van der Waals surface area contributed by atoms with Gasteiger partial charge in [0.2, 0.25) is 5.91 Å². The van der Waals surface area contributed by atoms with E-state index in [-0.39, 0.29) is 28.1 Å². The van der Waals surface area contributed by atoms with Crippen molar-refractivity contribution >= 4 is 23.7 Å². The van der Waals surface area contributed by atoms with Gasteiger partial charge in [0.25, 0.3) is 0 Å². The maximum absolute atomic E-state index is 12.8. The molecule has 0 bridgehead atoms. The molecule has 8 heteroatoms. The normalized spacial score (nSPS) is 19.3. The van der Waals surface area contributed by atoms with Gasteiger partial charge in [-0.05, 0) is 52.3 Å². The first-order chi connectivity index (χ1) is 13.6. The van der Waals surface area contributed by atoms with E-state index < -0.39 is 0 Å². The number of nitrogens with one attached hydrogen (secondary N) is 1. The maximum atomic E-state index is 12.8. The Bertz CT molecular complexity index is 735. The number of thioether (sulfide) groups is 1. The molecule has 162 valence electrons. The fourth-order valence-electron chi connectivity index (χ4n) is 3.17. The van der Waals surface area contributed by atoms with Crippen LogP contribution in [-0.2, 0) is 4.79 Å². The second-order valence-corrected chi connectivity index (χ2v) is 9.65. The molecule has 2 atom stereocenters.